The minimum Gasteiger partial charge on any atom is -0.352 e. The molecule has 1 N–H and O–H groups in total. The average molecular weight is 371 g/mol. The van der Waals surface area contributed by atoms with Gasteiger partial charge in [-0.3, -0.25) is 14.7 Å². The number of piperidine rings is 1. The van der Waals surface area contributed by atoms with Crippen molar-refractivity contribution in [3.8, 4) is 0 Å². The maximum absolute atomic E-state index is 13.0. The number of benzene rings is 2. The van der Waals surface area contributed by atoms with E-state index in [2.05, 4.69) is 63.7 Å². The van der Waals surface area contributed by atoms with Gasteiger partial charge in [-0.1, -0.05) is 42.5 Å². The second-order valence-electron chi connectivity index (χ2n) is 8.17. The van der Waals surface area contributed by atoms with E-state index in [1.54, 1.807) is 0 Å². The topological polar surface area (TPSA) is 45.2 Å². The van der Waals surface area contributed by atoms with Gasteiger partial charge in [0.25, 0.3) is 0 Å². The molecule has 28 heavy (non-hydrogen) atoms. The summed E-state index contributed by atoms with van der Waals surface area (Å²) in [5.74, 6) is 0.234. The Hall–Kier alpha value is -2.72. The van der Waals surface area contributed by atoms with Crippen LogP contribution in [0, 0.1) is 5.41 Å². The van der Waals surface area contributed by atoms with Crippen LogP contribution in [0.25, 0.3) is 10.9 Å². The molecule has 4 nitrogen and oxygen atoms in total. The highest BCUT2D eigenvalue weighted by molar-refractivity contribution is 5.84. The van der Waals surface area contributed by atoms with Crippen LogP contribution in [0.4, 0.5) is 0 Å². The van der Waals surface area contributed by atoms with Crippen molar-refractivity contribution >= 4 is 16.8 Å². The molecular weight excluding hydrogens is 346 g/mol. The van der Waals surface area contributed by atoms with E-state index in [4.69, 9.17) is 0 Å². The molecule has 2 aliphatic heterocycles. The molecule has 1 amide bonds. The molecule has 2 aliphatic rings. The summed E-state index contributed by atoms with van der Waals surface area (Å²) < 4.78 is 0. The Morgan fingerprint density at radius 2 is 1.71 bits per heavy atom. The molecule has 4 heteroatoms. The fraction of sp³-hybridized carbons (Fsp3) is 0.333. The molecule has 3 heterocycles. The van der Waals surface area contributed by atoms with Crippen LogP contribution in [0.2, 0.25) is 0 Å². The minimum atomic E-state index is -0.261. The fourth-order valence-electron chi connectivity index (χ4n) is 4.79. The Morgan fingerprint density at radius 1 is 0.964 bits per heavy atom. The van der Waals surface area contributed by atoms with Crippen LogP contribution < -0.4 is 5.32 Å². The summed E-state index contributed by atoms with van der Waals surface area (Å²) in [6.45, 7) is 3.47. The van der Waals surface area contributed by atoms with Gasteiger partial charge in [0.1, 0.15) is 0 Å². The highest BCUT2D eigenvalue weighted by atomic mass is 16.2. The van der Waals surface area contributed by atoms with E-state index in [9.17, 15) is 4.79 Å². The number of nitrogens with zero attached hydrogens (tertiary/aromatic N) is 2. The maximum atomic E-state index is 13.0. The molecule has 1 spiro atoms. The summed E-state index contributed by atoms with van der Waals surface area (Å²) in [7, 11) is 0. The smallest absolute Gasteiger partial charge is 0.226 e. The standard InChI is InChI=1S/C24H25N3O/c28-23-24(15-18-5-1-2-6-19(18)16-26-23)10-13-27(14-11-24)17-20-9-12-25-22-8-4-3-7-21(20)22/h1-9,12H,10-11,13-17H2,(H,26,28). The zero-order valence-electron chi connectivity index (χ0n) is 16.0. The van der Waals surface area contributed by atoms with E-state index in [0.717, 1.165) is 44.4 Å². The zero-order chi connectivity index (χ0) is 19.0. The molecule has 3 aromatic rings. The van der Waals surface area contributed by atoms with Crippen molar-refractivity contribution in [3.05, 3.63) is 77.5 Å². The number of pyridine rings is 1. The van der Waals surface area contributed by atoms with Crippen molar-refractivity contribution in [2.24, 2.45) is 5.41 Å². The van der Waals surface area contributed by atoms with Crippen molar-refractivity contribution in [1.29, 1.82) is 0 Å². The van der Waals surface area contributed by atoms with E-state index in [1.165, 1.54) is 22.1 Å². The number of nitrogens with one attached hydrogen (secondary N) is 1. The quantitative estimate of drug-likeness (QED) is 0.747. The van der Waals surface area contributed by atoms with Gasteiger partial charge in [0.2, 0.25) is 5.91 Å². The molecule has 1 saturated heterocycles. The second kappa shape index (κ2) is 7.02. The Labute approximate surface area is 165 Å². The number of rotatable bonds is 2. The van der Waals surface area contributed by atoms with Gasteiger partial charge in [0.05, 0.1) is 10.9 Å². The van der Waals surface area contributed by atoms with Crippen molar-refractivity contribution in [2.45, 2.75) is 32.4 Å². The molecular formula is C24H25N3O. The van der Waals surface area contributed by atoms with Crippen molar-refractivity contribution in [3.63, 3.8) is 0 Å². The molecule has 0 aliphatic carbocycles. The Morgan fingerprint density at radius 3 is 2.57 bits per heavy atom. The van der Waals surface area contributed by atoms with Gasteiger partial charge in [0, 0.05) is 24.7 Å². The van der Waals surface area contributed by atoms with Crippen LogP contribution in [-0.4, -0.2) is 28.9 Å². The number of carbonyl (C=O) groups excluding carboxylic acids is 1. The number of hydrogen-bond donors (Lipinski definition) is 1. The first-order valence-electron chi connectivity index (χ1n) is 10.1. The number of carbonyl (C=O) groups is 1. The second-order valence-corrected chi connectivity index (χ2v) is 8.17. The number of hydrogen-bond acceptors (Lipinski definition) is 3. The summed E-state index contributed by atoms with van der Waals surface area (Å²) in [6, 6.07) is 18.9. The number of para-hydroxylation sites is 1. The molecule has 0 bridgehead atoms. The van der Waals surface area contributed by atoms with Crippen LogP contribution in [0.1, 0.15) is 29.5 Å². The van der Waals surface area contributed by atoms with E-state index in [0.29, 0.717) is 6.54 Å². The Bertz CT molecular complexity index is 1020. The fourth-order valence-corrected chi connectivity index (χ4v) is 4.79. The summed E-state index contributed by atoms with van der Waals surface area (Å²) in [6.07, 6.45) is 4.59. The third kappa shape index (κ3) is 3.08. The first-order chi connectivity index (χ1) is 13.7. The van der Waals surface area contributed by atoms with Crippen LogP contribution >= 0.6 is 0 Å². The summed E-state index contributed by atoms with van der Waals surface area (Å²) >= 11 is 0. The van der Waals surface area contributed by atoms with Crippen LogP contribution in [-0.2, 0) is 24.3 Å². The predicted octanol–water partition coefficient (Wildman–Crippen LogP) is 3.69. The van der Waals surface area contributed by atoms with Gasteiger partial charge in [-0.05, 0) is 61.2 Å². The normalized spacial score (nSPS) is 19.2. The molecule has 0 radical (unpaired) electrons. The number of likely N-dealkylation sites (tertiary alicyclic amines) is 1. The number of aromatic nitrogens is 1. The summed E-state index contributed by atoms with van der Waals surface area (Å²) in [4.78, 5) is 19.9. The lowest BCUT2D eigenvalue weighted by Gasteiger charge is -2.40. The molecule has 0 atom stereocenters. The number of fused-ring (bicyclic) bond motifs is 2. The predicted molar refractivity (Wildman–Crippen MR) is 111 cm³/mol. The van der Waals surface area contributed by atoms with Crippen LogP contribution in [0.3, 0.4) is 0 Å². The highest BCUT2D eigenvalue weighted by Crippen LogP contribution is 2.38. The van der Waals surface area contributed by atoms with Crippen molar-refractivity contribution in [1.82, 2.24) is 15.2 Å². The van der Waals surface area contributed by atoms with Gasteiger partial charge >= 0.3 is 0 Å². The van der Waals surface area contributed by atoms with Crippen molar-refractivity contribution < 1.29 is 4.79 Å². The van der Waals surface area contributed by atoms with Crippen LogP contribution in [0.15, 0.2) is 60.8 Å². The Kier molecular flexibility index (Phi) is 4.36. The number of amides is 1. The third-order valence-electron chi connectivity index (χ3n) is 6.51. The first kappa shape index (κ1) is 17.4. The van der Waals surface area contributed by atoms with Gasteiger partial charge in [0.15, 0.2) is 0 Å². The molecule has 1 fully saturated rings. The van der Waals surface area contributed by atoms with Gasteiger partial charge in [-0.15, -0.1) is 0 Å². The zero-order valence-corrected chi connectivity index (χ0v) is 16.0. The van der Waals surface area contributed by atoms with Gasteiger partial charge in [-0.25, -0.2) is 0 Å². The first-order valence-corrected chi connectivity index (χ1v) is 10.1. The third-order valence-corrected chi connectivity index (χ3v) is 6.51. The van der Waals surface area contributed by atoms with Crippen molar-refractivity contribution in [2.75, 3.05) is 13.1 Å². The molecule has 5 rings (SSSR count). The monoisotopic (exact) mass is 371 g/mol. The minimum absolute atomic E-state index is 0.234. The van der Waals surface area contributed by atoms with E-state index >= 15 is 0 Å². The lowest BCUT2D eigenvalue weighted by molar-refractivity contribution is -0.133. The van der Waals surface area contributed by atoms with E-state index in [1.807, 2.05) is 12.3 Å². The van der Waals surface area contributed by atoms with Gasteiger partial charge in [-0.2, -0.15) is 0 Å². The lowest BCUT2D eigenvalue weighted by Crippen LogP contribution is -2.48. The summed E-state index contributed by atoms with van der Waals surface area (Å²) in [5, 5.41) is 4.41. The molecule has 1 aromatic heterocycles. The Balaban J connectivity index is 1.34. The summed E-state index contributed by atoms with van der Waals surface area (Å²) in [5.41, 5.74) is 4.70. The maximum Gasteiger partial charge on any atom is 0.226 e. The molecule has 142 valence electrons. The largest absolute Gasteiger partial charge is 0.352 e. The molecule has 2 aromatic carbocycles. The van der Waals surface area contributed by atoms with Crippen LogP contribution in [0.5, 0.6) is 0 Å². The molecule has 0 saturated carbocycles. The SMILES string of the molecule is O=C1NCc2ccccc2CC12CCN(Cc1ccnc3ccccc13)CC2. The molecule has 0 unspecified atom stereocenters. The highest BCUT2D eigenvalue weighted by Gasteiger charge is 2.42. The average Bonchev–Trinajstić information content (AvgIpc) is 2.87. The van der Waals surface area contributed by atoms with Gasteiger partial charge < -0.3 is 5.32 Å². The van der Waals surface area contributed by atoms with E-state index in [-0.39, 0.29) is 11.3 Å². The van der Waals surface area contributed by atoms with E-state index < -0.39 is 0 Å². The lowest BCUT2D eigenvalue weighted by atomic mass is 9.73.